The standard InChI is InChI=1S/C13H18N2O5/c1-13(5-2-6-19-13)8-15-12(18)14-7-9-3-4-10(20-9)11(16)17/h3-4H,2,5-8H2,1H3,(H,16,17)(H2,14,15,18). The predicted octanol–water partition coefficient (Wildman–Crippen LogP) is 1.35. The minimum Gasteiger partial charge on any atom is -0.475 e. The number of ether oxygens (including phenoxy) is 1. The van der Waals surface area contributed by atoms with Gasteiger partial charge >= 0.3 is 12.0 Å². The lowest BCUT2D eigenvalue weighted by Gasteiger charge is -2.23. The smallest absolute Gasteiger partial charge is 0.371 e. The average Bonchev–Trinajstić information content (AvgIpc) is 3.03. The molecule has 0 radical (unpaired) electrons. The molecule has 2 heterocycles. The van der Waals surface area contributed by atoms with Gasteiger partial charge in [0.2, 0.25) is 5.76 Å². The van der Waals surface area contributed by atoms with Crippen LogP contribution in [0.5, 0.6) is 0 Å². The van der Waals surface area contributed by atoms with E-state index in [0.717, 1.165) is 19.4 Å². The van der Waals surface area contributed by atoms with Gasteiger partial charge in [0, 0.05) is 13.2 Å². The molecule has 1 unspecified atom stereocenters. The minimum absolute atomic E-state index is 0.136. The van der Waals surface area contributed by atoms with Crippen LogP contribution in [0.15, 0.2) is 16.5 Å². The van der Waals surface area contributed by atoms with Gasteiger partial charge in [-0.15, -0.1) is 0 Å². The number of nitrogens with one attached hydrogen (secondary N) is 2. The number of aromatic carboxylic acids is 1. The summed E-state index contributed by atoms with van der Waals surface area (Å²) in [6.45, 7) is 3.27. The van der Waals surface area contributed by atoms with Crippen molar-refractivity contribution < 1.29 is 23.8 Å². The number of carbonyl (C=O) groups is 2. The van der Waals surface area contributed by atoms with Crippen molar-refractivity contribution in [1.82, 2.24) is 10.6 Å². The normalized spacial score (nSPS) is 21.6. The summed E-state index contributed by atoms with van der Waals surface area (Å²) < 4.78 is 10.6. The summed E-state index contributed by atoms with van der Waals surface area (Å²) in [6, 6.07) is 2.53. The predicted molar refractivity (Wildman–Crippen MR) is 69.5 cm³/mol. The van der Waals surface area contributed by atoms with Gasteiger partial charge < -0.3 is 24.9 Å². The van der Waals surface area contributed by atoms with Crippen molar-refractivity contribution in [2.45, 2.75) is 31.9 Å². The van der Waals surface area contributed by atoms with Crippen LogP contribution in [0, 0.1) is 0 Å². The number of carboxylic acids is 1. The molecule has 0 aliphatic carbocycles. The fourth-order valence-corrected chi connectivity index (χ4v) is 2.06. The van der Waals surface area contributed by atoms with Gasteiger partial charge in [0.15, 0.2) is 0 Å². The van der Waals surface area contributed by atoms with Crippen molar-refractivity contribution in [2.75, 3.05) is 13.2 Å². The molecule has 0 saturated carbocycles. The molecule has 20 heavy (non-hydrogen) atoms. The number of rotatable bonds is 5. The Labute approximate surface area is 116 Å². The Hall–Kier alpha value is -2.02. The molecule has 1 aromatic rings. The summed E-state index contributed by atoms with van der Waals surface area (Å²) in [5.74, 6) is -0.887. The Morgan fingerprint density at radius 2 is 2.20 bits per heavy atom. The first-order chi connectivity index (χ1) is 9.48. The number of carbonyl (C=O) groups excluding carboxylic acids is 1. The third-order valence-electron chi connectivity index (χ3n) is 3.22. The SMILES string of the molecule is CC1(CNC(=O)NCc2ccc(C(=O)O)o2)CCCO1. The molecular formula is C13H18N2O5. The molecule has 1 aliphatic heterocycles. The minimum atomic E-state index is -1.13. The highest BCUT2D eigenvalue weighted by molar-refractivity contribution is 5.84. The molecule has 0 aromatic carbocycles. The van der Waals surface area contributed by atoms with E-state index < -0.39 is 5.97 Å². The van der Waals surface area contributed by atoms with Crippen molar-refractivity contribution in [2.24, 2.45) is 0 Å². The highest BCUT2D eigenvalue weighted by Crippen LogP contribution is 2.23. The fourth-order valence-electron chi connectivity index (χ4n) is 2.06. The van der Waals surface area contributed by atoms with Crippen molar-refractivity contribution in [3.63, 3.8) is 0 Å². The van der Waals surface area contributed by atoms with E-state index in [0.29, 0.717) is 12.3 Å². The van der Waals surface area contributed by atoms with Gasteiger partial charge in [-0.3, -0.25) is 0 Å². The van der Waals surface area contributed by atoms with E-state index in [1.165, 1.54) is 12.1 Å². The van der Waals surface area contributed by atoms with Crippen LogP contribution in [0.25, 0.3) is 0 Å². The molecule has 2 amide bonds. The van der Waals surface area contributed by atoms with Gasteiger partial charge in [-0.1, -0.05) is 0 Å². The zero-order valence-corrected chi connectivity index (χ0v) is 11.3. The second-order valence-corrected chi connectivity index (χ2v) is 5.01. The summed E-state index contributed by atoms with van der Waals surface area (Å²) in [6.07, 6.45) is 1.93. The number of furan rings is 1. The maximum Gasteiger partial charge on any atom is 0.371 e. The highest BCUT2D eigenvalue weighted by atomic mass is 16.5. The van der Waals surface area contributed by atoms with Crippen LogP contribution in [-0.4, -0.2) is 35.9 Å². The Kier molecular flexibility index (Phi) is 4.29. The number of amides is 2. The molecule has 7 heteroatoms. The molecule has 1 saturated heterocycles. The Bertz CT molecular complexity index is 491. The van der Waals surface area contributed by atoms with E-state index in [1.54, 1.807) is 0 Å². The monoisotopic (exact) mass is 282 g/mol. The van der Waals surface area contributed by atoms with E-state index in [4.69, 9.17) is 14.3 Å². The maximum atomic E-state index is 11.6. The summed E-state index contributed by atoms with van der Waals surface area (Å²) in [5.41, 5.74) is -0.293. The van der Waals surface area contributed by atoms with Crippen LogP contribution in [0.3, 0.4) is 0 Å². The van der Waals surface area contributed by atoms with Gasteiger partial charge in [-0.25, -0.2) is 9.59 Å². The first-order valence-corrected chi connectivity index (χ1v) is 6.46. The van der Waals surface area contributed by atoms with Crippen molar-refractivity contribution in [1.29, 1.82) is 0 Å². The molecule has 1 aliphatic rings. The van der Waals surface area contributed by atoms with Crippen molar-refractivity contribution >= 4 is 12.0 Å². The second-order valence-electron chi connectivity index (χ2n) is 5.01. The summed E-state index contributed by atoms with van der Waals surface area (Å²) in [4.78, 5) is 22.3. The molecule has 0 spiro atoms. The summed E-state index contributed by atoms with van der Waals surface area (Å²) >= 11 is 0. The van der Waals surface area contributed by atoms with E-state index in [2.05, 4.69) is 10.6 Å². The van der Waals surface area contributed by atoms with Crippen LogP contribution in [0.2, 0.25) is 0 Å². The topological polar surface area (TPSA) is 101 Å². The fraction of sp³-hybridized carbons (Fsp3) is 0.538. The van der Waals surface area contributed by atoms with Gasteiger partial charge in [0.05, 0.1) is 12.1 Å². The van der Waals surface area contributed by atoms with E-state index in [-0.39, 0.29) is 23.9 Å². The van der Waals surface area contributed by atoms with Gasteiger partial charge in [0.1, 0.15) is 5.76 Å². The first-order valence-electron chi connectivity index (χ1n) is 6.46. The molecule has 7 nitrogen and oxygen atoms in total. The molecule has 110 valence electrons. The average molecular weight is 282 g/mol. The van der Waals surface area contributed by atoms with Crippen molar-refractivity contribution in [3.05, 3.63) is 23.7 Å². The molecule has 0 bridgehead atoms. The molecular weight excluding hydrogens is 264 g/mol. The molecule has 1 atom stereocenters. The van der Waals surface area contributed by atoms with Gasteiger partial charge in [0.25, 0.3) is 0 Å². The third-order valence-corrected chi connectivity index (χ3v) is 3.22. The number of urea groups is 1. The number of hydrogen-bond donors (Lipinski definition) is 3. The third kappa shape index (κ3) is 3.74. The maximum absolute atomic E-state index is 11.6. The largest absolute Gasteiger partial charge is 0.475 e. The molecule has 2 rings (SSSR count). The quantitative estimate of drug-likeness (QED) is 0.756. The summed E-state index contributed by atoms with van der Waals surface area (Å²) in [5, 5.41) is 14.0. The number of carboxylic acid groups (broad SMARTS) is 1. The Morgan fingerprint density at radius 3 is 2.80 bits per heavy atom. The van der Waals surface area contributed by atoms with Crippen LogP contribution in [0.1, 0.15) is 36.1 Å². The second kappa shape index (κ2) is 5.96. The Morgan fingerprint density at radius 1 is 1.40 bits per heavy atom. The molecule has 3 N–H and O–H groups in total. The van der Waals surface area contributed by atoms with Crippen LogP contribution in [0.4, 0.5) is 4.79 Å². The molecule has 1 fully saturated rings. The van der Waals surface area contributed by atoms with E-state index >= 15 is 0 Å². The zero-order valence-electron chi connectivity index (χ0n) is 11.3. The lowest BCUT2D eigenvalue weighted by atomic mass is 10.0. The first kappa shape index (κ1) is 14.4. The van der Waals surface area contributed by atoms with Crippen LogP contribution >= 0.6 is 0 Å². The lowest BCUT2D eigenvalue weighted by molar-refractivity contribution is 0.0229. The van der Waals surface area contributed by atoms with E-state index in [9.17, 15) is 9.59 Å². The summed E-state index contributed by atoms with van der Waals surface area (Å²) in [7, 11) is 0. The lowest BCUT2D eigenvalue weighted by Crippen LogP contribution is -2.44. The zero-order chi connectivity index (χ0) is 14.6. The highest BCUT2D eigenvalue weighted by Gasteiger charge is 2.29. The van der Waals surface area contributed by atoms with E-state index in [1.807, 2.05) is 6.92 Å². The number of hydrogen-bond acceptors (Lipinski definition) is 4. The molecule has 1 aromatic heterocycles. The Balaban J connectivity index is 1.73. The van der Waals surface area contributed by atoms with Gasteiger partial charge in [-0.05, 0) is 31.9 Å². The van der Waals surface area contributed by atoms with Crippen LogP contribution in [-0.2, 0) is 11.3 Å². The van der Waals surface area contributed by atoms with Gasteiger partial charge in [-0.2, -0.15) is 0 Å². The van der Waals surface area contributed by atoms with Crippen LogP contribution < -0.4 is 10.6 Å². The van der Waals surface area contributed by atoms with Crippen molar-refractivity contribution in [3.8, 4) is 0 Å².